The number of hydrogen-bond donors (Lipinski definition) is 0. The van der Waals surface area contributed by atoms with Crippen LogP contribution >= 0.6 is 0 Å². The van der Waals surface area contributed by atoms with Crippen LogP contribution in [-0.4, -0.2) is 16.8 Å². The van der Waals surface area contributed by atoms with Gasteiger partial charge in [0.15, 0.2) is 5.60 Å². The summed E-state index contributed by atoms with van der Waals surface area (Å²) in [6.45, 7) is 0. The van der Waals surface area contributed by atoms with Crippen LogP contribution in [0.15, 0.2) is 60.7 Å². The monoisotopic (exact) mass is 264 g/mol. The topological polar surface area (TPSA) is 66.0 Å². The molecule has 1 aliphatic heterocycles. The average molecular weight is 264 g/mol. The first-order valence-electron chi connectivity index (χ1n) is 6.29. The Morgan fingerprint density at radius 3 is 2.30 bits per heavy atom. The van der Waals surface area contributed by atoms with Crippen LogP contribution in [0.4, 0.5) is 0 Å². The summed E-state index contributed by atoms with van der Waals surface area (Å²) in [5, 5.41) is 0. The number of Topliss-reactive ketones (excluding diaryl/α,β-unsaturated/α-hetero) is 1. The van der Waals surface area contributed by atoms with Gasteiger partial charge in [0.25, 0.3) is 5.78 Å². The molecule has 2 aromatic carbocycles. The third-order valence-corrected chi connectivity index (χ3v) is 3.46. The lowest BCUT2D eigenvalue weighted by atomic mass is 9.88. The van der Waals surface area contributed by atoms with Gasteiger partial charge in [-0.2, -0.15) is 4.79 Å². The molecule has 0 aromatic heterocycles. The number of epoxide rings is 1. The van der Waals surface area contributed by atoms with Gasteiger partial charge in [0.1, 0.15) is 6.10 Å². The third-order valence-electron chi connectivity index (χ3n) is 3.46. The summed E-state index contributed by atoms with van der Waals surface area (Å²) in [4.78, 5) is 15.1. The highest BCUT2D eigenvalue weighted by Crippen LogP contribution is 2.57. The Labute approximate surface area is 116 Å². The van der Waals surface area contributed by atoms with Crippen LogP contribution in [0.2, 0.25) is 0 Å². The molecular weight excluding hydrogens is 252 g/mol. The molecule has 2 aromatic rings. The fraction of sp³-hybridized carbons (Fsp3) is 0.125. The molecule has 0 saturated carbocycles. The van der Waals surface area contributed by atoms with Crippen molar-refractivity contribution >= 4 is 12.0 Å². The number of carbonyl (C=O) groups is 1. The first kappa shape index (κ1) is 12.5. The van der Waals surface area contributed by atoms with Crippen LogP contribution in [0.5, 0.6) is 0 Å². The number of carbonyl (C=O) groups excluding carboxylic acids is 1. The van der Waals surface area contributed by atoms with Crippen molar-refractivity contribution in [3.63, 3.8) is 0 Å². The lowest BCUT2D eigenvalue weighted by Crippen LogP contribution is -2.24. The zero-order chi connectivity index (χ0) is 14.0. The van der Waals surface area contributed by atoms with Crippen LogP contribution < -0.4 is 0 Å². The van der Waals surface area contributed by atoms with E-state index in [9.17, 15) is 4.79 Å². The van der Waals surface area contributed by atoms with Crippen LogP contribution in [0.25, 0.3) is 5.53 Å². The minimum Gasteiger partial charge on any atom is -0.361 e. The fourth-order valence-electron chi connectivity index (χ4n) is 2.47. The second-order valence-electron chi connectivity index (χ2n) is 4.62. The normalized spacial score (nSPS) is 23.7. The van der Waals surface area contributed by atoms with Crippen LogP contribution in [0.3, 0.4) is 0 Å². The number of rotatable bonds is 4. The maximum atomic E-state index is 12.3. The fourth-order valence-corrected chi connectivity index (χ4v) is 2.47. The highest BCUT2D eigenvalue weighted by atomic mass is 16.6. The minimum absolute atomic E-state index is 0.350. The smallest absolute Gasteiger partial charge is 0.326 e. The molecule has 0 radical (unpaired) electrons. The molecule has 3 rings (SSSR count). The molecule has 1 fully saturated rings. The number of hydrogen-bond acceptors (Lipinski definition) is 2. The van der Waals surface area contributed by atoms with E-state index in [4.69, 9.17) is 10.3 Å². The zero-order valence-corrected chi connectivity index (χ0v) is 10.6. The predicted molar refractivity (Wildman–Crippen MR) is 73.1 cm³/mol. The van der Waals surface area contributed by atoms with Gasteiger partial charge >= 0.3 is 6.21 Å². The second-order valence-corrected chi connectivity index (χ2v) is 4.62. The van der Waals surface area contributed by atoms with Gasteiger partial charge in [0.05, 0.1) is 0 Å². The van der Waals surface area contributed by atoms with Crippen molar-refractivity contribution in [2.45, 2.75) is 11.7 Å². The first-order valence-corrected chi connectivity index (χ1v) is 6.29. The predicted octanol–water partition coefficient (Wildman–Crippen LogP) is 2.52. The Bertz CT molecular complexity index is 678. The van der Waals surface area contributed by atoms with E-state index < -0.39 is 5.60 Å². The van der Waals surface area contributed by atoms with Crippen LogP contribution in [0.1, 0.15) is 17.2 Å². The molecule has 4 heteroatoms. The molecular formula is C16H12N2O2. The van der Waals surface area contributed by atoms with Crippen molar-refractivity contribution < 1.29 is 14.3 Å². The summed E-state index contributed by atoms with van der Waals surface area (Å²) >= 11 is 0. The Morgan fingerprint density at radius 2 is 1.70 bits per heavy atom. The summed E-state index contributed by atoms with van der Waals surface area (Å²) in [6, 6.07) is 18.8. The largest absolute Gasteiger partial charge is 0.361 e. The quantitative estimate of drug-likeness (QED) is 0.368. The standard InChI is InChI=1S/C16H12N2O2/c17-18-11-14(19)16(13-9-5-2-6-10-13)15(20-16)12-7-3-1-4-8-12/h1-11,15H/t15-,16+/m1/s1. The zero-order valence-electron chi connectivity index (χ0n) is 10.6. The van der Waals surface area contributed by atoms with E-state index >= 15 is 0 Å². The van der Waals surface area contributed by atoms with Crippen molar-refractivity contribution in [2.75, 3.05) is 0 Å². The summed E-state index contributed by atoms with van der Waals surface area (Å²) in [5.41, 5.74) is 9.24. The molecule has 0 bridgehead atoms. The van der Waals surface area contributed by atoms with Crippen molar-refractivity contribution in [3.8, 4) is 0 Å². The maximum absolute atomic E-state index is 12.3. The third kappa shape index (κ3) is 1.88. The Morgan fingerprint density at radius 1 is 1.10 bits per heavy atom. The van der Waals surface area contributed by atoms with E-state index in [2.05, 4.69) is 4.79 Å². The van der Waals surface area contributed by atoms with Gasteiger partial charge in [-0.25, -0.2) is 0 Å². The van der Waals surface area contributed by atoms with Crippen molar-refractivity contribution in [1.29, 1.82) is 0 Å². The SMILES string of the molecule is [N-]=[N+]=CC(=O)[C@]1(c2ccccc2)O[C@@H]1c1ccccc1. The van der Waals surface area contributed by atoms with E-state index in [0.717, 1.165) is 17.3 Å². The molecule has 0 unspecified atom stereocenters. The molecule has 0 N–H and O–H groups in total. The Hall–Kier alpha value is -2.55. The summed E-state index contributed by atoms with van der Waals surface area (Å²) in [6.07, 6.45) is 0.548. The van der Waals surface area contributed by atoms with Gasteiger partial charge < -0.3 is 10.3 Å². The van der Waals surface area contributed by atoms with E-state index in [1.165, 1.54) is 0 Å². The highest BCUT2D eigenvalue weighted by molar-refractivity contribution is 6.30. The molecule has 0 spiro atoms. The van der Waals surface area contributed by atoms with Gasteiger partial charge in [0, 0.05) is 0 Å². The van der Waals surface area contributed by atoms with Crippen molar-refractivity contribution in [3.05, 3.63) is 77.3 Å². The molecule has 98 valence electrons. The first-order chi connectivity index (χ1) is 9.79. The number of benzene rings is 2. The Balaban J connectivity index is 2.05. The molecule has 20 heavy (non-hydrogen) atoms. The molecule has 1 heterocycles. The van der Waals surface area contributed by atoms with E-state index in [0.29, 0.717) is 0 Å². The van der Waals surface area contributed by atoms with Crippen LogP contribution in [0, 0.1) is 0 Å². The van der Waals surface area contributed by atoms with Gasteiger partial charge in [-0.3, -0.25) is 4.79 Å². The van der Waals surface area contributed by atoms with Crippen LogP contribution in [-0.2, 0) is 15.1 Å². The number of ketones is 1. The van der Waals surface area contributed by atoms with Gasteiger partial charge in [-0.05, 0) is 11.1 Å². The van der Waals surface area contributed by atoms with E-state index in [1.54, 1.807) is 0 Å². The lowest BCUT2D eigenvalue weighted by molar-refractivity contribution is -0.121. The molecule has 0 aliphatic carbocycles. The number of nitrogens with zero attached hydrogens (tertiary/aromatic N) is 2. The van der Waals surface area contributed by atoms with Gasteiger partial charge in [-0.1, -0.05) is 60.7 Å². The van der Waals surface area contributed by atoms with E-state index in [1.807, 2.05) is 60.7 Å². The number of ether oxygens (including phenoxy) is 1. The van der Waals surface area contributed by atoms with E-state index in [-0.39, 0.29) is 11.9 Å². The minimum atomic E-state index is -1.07. The molecule has 1 saturated heterocycles. The second kappa shape index (κ2) is 4.85. The van der Waals surface area contributed by atoms with Gasteiger partial charge in [-0.15, -0.1) is 0 Å². The average Bonchev–Trinajstić information content (AvgIpc) is 3.26. The lowest BCUT2D eigenvalue weighted by Gasteiger charge is -2.07. The van der Waals surface area contributed by atoms with Crippen molar-refractivity contribution in [2.24, 2.45) is 0 Å². The maximum Gasteiger partial charge on any atom is 0.326 e. The Kier molecular flexibility index (Phi) is 3.03. The van der Waals surface area contributed by atoms with Crippen molar-refractivity contribution in [1.82, 2.24) is 0 Å². The van der Waals surface area contributed by atoms with Gasteiger partial charge in [0.2, 0.25) is 0 Å². The highest BCUT2D eigenvalue weighted by Gasteiger charge is 2.64. The summed E-state index contributed by atoms with van der Waals surface area (Å²) < 4.78 is 5.74. The molecule has 0 amide bonds. The molecule has 1 aliphatic rings. The molecule has 4 nitrogen and oxygen atoms in total. The summed E-state index contributed by atoms with van der Waals surface area (Å²) in [7, 11) is 0. The molecule has 2 atom stereocenters. The summed E-state index contributed by atoms with van der Waals surface area (Å²) in [5.74, 6) is -0.361.